The van der Waals surface area contributed by atoms with Gasteiger partial charge in [-0.15, -0.1) is 0 Å². The highest BCUT2D eigenvalue weighted by Gasteiger charge is 2.65. The van der Waals surface area contributed by atoms with E-state index in [1.54, 1.807) is 0 Å². The van der Waals surface area contributed by atoms with Crippen LogP contribution in [0.2, 0.25) is 0 Å². The molecule has 0 saturated heterocycles. The Morgan fingerprint density at radius 3 is 1.91 bits per heavy atom. The normalized spacial score (nSPS) is 18.4. The summed E-state index contributed by atoms with van der Waals surface area (Å²) < 4.78 is 5.26. The molecule has 11 rings (SSSR count). The van der Waals surface area contributed by atoms with Crippen LogP contribution in [0.1, 0.15) is 76.0 Å². The van der Waals surface area contributed by atoms with Gasteiger partial charge in [0.2, 0.25) is 11.4 Å². The summed E-state index contributed by atoms with van der Waals surface area (Å²) in [6.07, 6.45) is 10.3. The van der Waals surface area contributed by atoms with Gasteiger partial charge < -0.3 is 0 Å². The zero-order valence-corrected chi connectivity index (χ0v) is 38.3. The maximum Gasteiger partial charge on any atom is 0.220 e. The largest absolute Gasteiger partial charge is 0.220 e. The van der Waals surface area contributed by atoms with Crippen molar-refractivity contribution in [3.8, 4) is 67.0 Å². The maximum atomic E-state index is 2.71. The first-order chi connectivity index (χ1) is 31.9. The molecule has 2 heteroatoms. The standard InChI is InChI=1S/C63H58N2/c1-5-8-19-44-29-31-46(32-30-44)52-39-51(45-20-10-9-11-21-45)40-53(41-52)49-24-18-23-48(38-49)50-33-34-58-57(42-50)60-28-16-17-36-65(60)63(7-3,62(58,4)6-2)59-43-64-37-35-47-22-12-13-25-54(47)61(64)56-27-15-14-26-55(56)59/h9-18,20-42,59H,5-8,19,43H2,1-4H3/q+2. The third-order valence-electron chi connectivity index (χ3n) is 15.5. The van der Waals surface area contributed by atoms with Crippen LogP contribution in [0.15, 0.2) is 200 Å². The second-order valence-corrected chi connectivity index (χ2v) is 18.8. The fourth-order valence-corrected chi connectivity index (χ4v) is 12.1. The zero-order chi connectivity index (χ0) is 44.1. The average molecular weight is 843 g/mol. The number of nitrogens with zero attached hydrogens (tertiary/aromatic N) is 2. The highest BCUT2D eigenvalue weighted by atomic mass is 15.1. The number of pyridine rings is 2. The first-order valence-electron chi connectivity index (χ1n) is 24.0. The topological polar surface area (TPSA) is 7.76 Å². The molecule has 318 valence electrons. The first kappa shape index (κ1) is 40.8. The van der Waals surface area contributed by atoms with Crippen molar-refractivity contribution in [2.45, 2.75) is 83.2 Å². The summed E-state index contributed by atoms with van der Waals surface area (Å²) in [4.78, 5) is 0. The predicted molar refractivity (Wildman–Crippen MR) is 271 cm³/mol. The number of unbranched alkanes of at least 4 members (excludes halogenated alkanes) is 1. The lowest BCUT2D eigenvalue weighted by Gasteiger charge is -2.51. The first-order valence-corrected chi connectivity index (χ1v) is 24.0. The molecule has 0 N–H and O–H groups in total. The van der Waals surface area contributed by atoms with Gasteiger partial charge in [0.05, 0.1) is 21.9 Å². The van der Waals surface area contributed by atoms with E-state index in [1.807, 2.05) is 0 Å². The Labute approximate surface area is 385 Å². The maximum absolute atomic E-state index is 2.71. The summed E-state index contributed by atoms with van der Waals surface area (Å²) in [7, 11) is 0. The molecule has 4 heterocycles. The Morgan fingerprint density at radius 1 is 0.508 bits per heavy atom. The molecule has 2 aliphatic rings. The van der Waals surface area contributed by atoms with Crippen molar-refractivity contribution in [1.29, 1.82) is 0 Å². The predicted octanol–water partition coefficient (Wildman–Crippen LogP) is 15.3. The van der Waals surface area contributed by atoms with Gasteiger partial charge in [0.25, 0.3) is 0 Å². The molecule has 9 aromatic rings. The molecule has 0 bridgehead atoms. The lowest BCUT2D eigenvalue weighted by molar-refractivity contribution is -0.787. The van der Waals surface area contributed by atoms with Crippen LogP contribution in [0.3, 0.4) is 0 Å². The molecule has 3 unspecified atom stereocenters. The number of benzene rings is 7. The van der Waals surface area contributed by atoms with E-state index >= 15 is 0 Å². The lowest BCUT2D eigenvalue weighted by atomic mass is 9.53. The third-order valence-corrected chi connectivity index (χ3v) is 15.5. The summed E-state index contributed by atoms with van der Waals surface area (Å²) in [6.45, 7) is 10.6. The number of rotatable bonds is 10. The molecule has 3 atom stereocenters. The number of fused-ring (bicyclic) bond motifs is 8. The van der Waals surface area contributed by atoms with Gasteiger partial charge in [-0.2, -0.15) is 9.13 Å². The minimum Gasteiger partial charge on any atom is -0.197 e. The number of aryl methyl sites for hydroxylation is 1. The zero-order valence-electron chi connectivity index (χ0n) is 38.3. The van der Waals surface area contributed by atoms with Gasteiger partial charge in [-0.1, -0.05) is 149 Å². The number of hydrogen-bond acceptors (Lipinski definition) is 0. The smallest absolute Gasteiger partial charge is 0.197 e. The van der Waals surface area contributed by atoms with Gasteiger partial charge in [0.1, 0.15) is 5.92 Å². The fraction of sp³-hybridized carbons (Fsp3) is 0.206. The van der Waals surface area contributed by atoms with Crippen LogP contribution in [-0.2, 0) is 23.9 Å². The molecular weight excluding hydrogens is 785 g/mol. The lowest BCUT2D eigenvalue weighted by Crippen LogP contribution is -2.73. The molecule has 7 aromatic carbocycles. The second kappa shape index (κ2) is 16.6. The van der Waals surface area contributed by atoms with E-state index in [1.165, 1.54) is 107 Å². The van der Waals surface area contributed by atoms with E-state index in [-0.39, 0.29) is 16.9 Å². The fourth-order valence-electron chi connectivity index (χ4n) is 12.1. The van der Waals surface area contributed by atoms with Crippen LogP contribution in [-0.4, -0.2) is 0 Å². The van der Waals surface area contributed by atoms with Crippen molar-refractivity contribution < 1.29 is 9.13 Å². The van der Waals surface area contributed by atoms with E-state index < -0.39 is 0 Å². The molecular formula is C63H58N2+2. The molecule has 65 heavy (non-hydrogen) atoms. The van der Waals surface area contributed by atoms with E-state index in [0.717, 1.165) is 25.8 Å². The molecule has 0 amide bonds. The molecule has 0 radical (unpaired) electrons. The van der Waals surface area contributed by atoms with Gasteiger partial charge in [-0.25, -0.2) is 0 Å². The van der Waals surface area contributed by atoms with Gasteiger partial charge >= 0.3 is 0 Å². The van der Waals surface area contributed by atoms with Crippen molar-refractivity contribution in [2.75, 3.05) is 0 Å². The van der Waals surface area contributed by atoms with Crippen LogP contribution in [0.4, 0.5) is 0 Å². The Balaban J connectivity index is 1.02. The SMILES string of the molecule is CCCCc1ccc(-c2cc(-c3ccccc3)cc(-c3cccc(-c4ccc5c(c4)-c4cccc[n+]4C(CC)(C4C[n+]6ccc7ccccc7c6-c6ccccc64)C5(C)CC)c3)c2)cc1. The van der Waals surface area contributed by atoms with Crippen molar-refractivity contribution in [2.24, 2.45) is 0 Å². The van der Waals surface area contributed by atoms with E-state index in [9.17, 15) is 0 Å². The third kappa shape index (κ3) is 6.68. The summed E-state index contributed by atoms with van der Waals surface area (Å²) in [5.74, 6) is 0.235. The molecule has 2 aliphatic heterocycles. The van der Waals surface area contributed by atoms with Crippen LogP contribution in [0.25, 0.3) is 77.8 Å². The Kier molecular flexibility index (Phi) is 10.4. The molecule has 2 nitrogen and oxygen atoms in total. The molecule has 0 saturated carbocycles. The van der Waals surface area contributed by atoms with Crippen molar-refractivity contribution in [3.05, 3.63) is 217 Å². The van der Waals surface area contributed by atoms with Crippen LogP contribution in [0.5, 0.6) is 0 Å². The molecule has 2 aromatic heterocycles. The Bertz CT molecular complexity index is 3220. The van der Waals surface area contributed by atoms with Crippen LogP contribution < -0.4 is 9.13 Å². The van der Waals surface area contributed by atoms with Gasteiger partial charge in [0.15, 0.2) is 24.5 Å². The quantitative estimate of drug-likeness (QED) is 0.121. The highest BCUT2D eigenvalue weighted by Crippen LogP contribution is 2.57. The van der Waals surface area contributed by atoms with Crippen LogP contribution >= 0.6 is 0 Å². The van der Waals surface area contributed by atoms with Gasteiger partial charge in [0, 0.05) is 24.6 Å². The van der Waals surface area contributed by atoms with Gasteiger partial charge in [-0.3, -0.25) is 0 Å². The summed E-state index contributed by atoms with van der Waals surface area (Å²) >= 11 is 0. The summed E-state index contributed by atoms with van der Waals surface area (Å²) in [5.41, 5.74) is 19.1. The molecule has 0 fully saturated rings. The minimum atomic E-state index is -0.240. The van der Waals surface area contributed by atoms with Gasteiger partial charge in [-0.05, 0) is 141 Å². The van der Waals surface area contributed by atoms with Crippen molar-refractivity contribution in [3.63, 3.8) is 0 Å². The number of aromatic nitrogens is 2. The van der Waals surface area contributed by atoms with E-state index in [2.05, 4.69) is 237 Å². The number of hydrogen-bond donors (Lipinski definition) is 0. The average Bonchev–Trinajstić information content (AvgIpc) is 3.38. The Morgan fingerprint density at radius 2 is 1.14 bits per heavy atom. The van der Waals surface area contributed by atoms with E-state index in [4.69, 9.17) is 0 Å². The monoisotopic (exact) mass is 842 g/mol. The van der Waals surface area contributed by atoms with E-state index in [0.29, 0.717) is 0 Å². The second-order valence-electron chi connectivity index (χ2n) is 18.8. The molecule has 0 aliphatic carbocycles. The molecule has 0 spiro atoms. The van der Waals surface area contributed by atoms with Crippen LogP contribution in [0, 0.1) is 0 Å². The van der Waals surface area contributed by atoms with Crippen molar-refractivity contribution in [1.82, 2.24) is 0 Å². The highest BCUT2D eigenvalue weighted by molar-refractivity contribution is 5.94. The Hall–Kier alpha value is -6.90. The van der Waals surface area contributed by atoms with Crippen molar-refractivity contribution >= 4 is 10.8 Å². The summed E-state index contributed by atoms with van der Waals surface area (Å²) in [6, 6.07) is 71.1. The minimum absolute atomic E-state index is 0.175. The summed E-state index contributed by atoms with van der Waals surface area (Å²) in [5, 5.41) is 2.61.